The van der Waals surface area contributed by atoms with Crippen LogP contribution in [0.2, 0.25) is 0 Å². The molecule has 0 radical (unpaired) electrons. The van der Waals surface area contributed by atoms with E-state index in [9.17, 15) is 9.59 Å². The Morgan fingerprint density at radius 2 is 1.73 bits per heavy atom. The van der Waals surface area contributed by atoms with Gasteiger partial charge >= 0.3 is 0 Å². The third-order valence-corrected chi connectivity index (χ3v) is 4.66. The smallest absolute Gasteiger partial charge is 0.244 e. The first kappa shape index (κ1) is 20.2. The fourth-order valence-corrected chi connectivity index (χ4v) is 2.97. The molecule has 1 aliphatic rings. The second-order valence-corrected chi connectivity index (χ2v) is 7.32. The number of piperazine rings is 1. The summed E-state index contributed by atoms with van der Waals surface area (Å²) >= 11 is 0. The summed E-state index contributed by atoms with van der Waals surface area (Å²) in [5, 5.41) is 2.77. The average molecular weight is 357 g/mol. The molecule has 1 atom stereocenters. The number of benzene rings is 1. The zero-order valence-electron chi connectivity index (χ0n) is 16.1. The molecule has 1 N–H and O–H groups in total. The average Bonchev–Trinajstić information content (AvgIpc) is 2.65. The van der Waals surface area contributed by atoms with E-state index in [0.29, 0.717) is 5.92 Å². The largest absolute Gasteiger partial charge is 0.341 e. The summed E-state index contributed by atoms with van der Waals surface area (Å²) in [6, 6.07) is 9.12. The Morgan fingerprint density at radius 1 is 1.08 bits per heavy atom. The van der Waals surface area contributed by atoms with E-state index in [1.54, 1.807) is 13.0 Å². The fourth-order valence-electron chi connectivity index (χ4n) is 2.97. The van der Waals surface area contributed by atoms with Gasteiger partial charge in [-0.15, -0.1) is 0 Å². The molecule has 1 aromatic carbocycles. The SMILES string of the molecule is CC(C)CCN1CCN(C(=O)C(C)NC(=O)/C=C/c2ccccc2)CC1. The molecule has 2 rings (SSSR count). The molecule has 1 aromatic rings. The third kappa shape index (κ3) is 6.64. The van der Waals surface area contributed by atoms with Gasteiger partial charge in [0, 0.05) is 32.3 Å². The lowest BCUT2D eigenvalue weighted by Crippen LogP contribution is -2.54. The third-order valence-electron chi connectivity index (χ3n) is 4.66. The number of hydrogen-bond acceptors (Lipinski definition) is 3. The molecular formula is C21H31N3O2. The van der Waals surface area contributed by atoms with Crippen molar-refractivity contribution in [3.63, 3.8) is 0 Å². The minimum atomic E-state index is -0.509. The lowest BCUT2D eigenvalue weighted by Gasteiger charge is -2.36. The van der Waals surface area contributed by atoms with Crippen molar-refractivity contribution in [1.82, 2.24) is 15.1 Å². The first-order chi connectivity index (χ1) is 12.5. The number of nitrogens with zero attached hydrogens (tertiary/aromatic N) is 2. The summed E-state index contributed by atoms with van der Waals surface area (Å²) in [7, 11) is 0. The molecule has 1 aliphatic heterocycles. The van der Waals surface area contributed by atoms with Crippen molar-refractivity contribution >= 4 is 17.9 Å². The van der Waals surface area contributed by atoms with E-state index in [0.717, 1.165) is 38.3 Å². The Balaban J connectivity index is 1.75. The van der Waals surface area contributed by atoms with E-state index in [2.05, 4.69) is 24.1 Å². The van der Waals surface area contributed by atoms with Crippen LogP contribution in [0, 0.1) is 5.92 Å². The fraction of sp³-hybridized carbons (Fsp3) is 0.524. The summed E-state index contributed by atoms with van der Waals surface area (Å²) in [5.41, 5.74) is 0.958. The zero-order valence-corrected chi connectivity index (χ0v) is 16.1. The predicted molar refractivity (Wildman–Crippen MR) is 106 cm³/mol. The Kier molecular flexibility index (Phi) is 7.85. The molecule has 0 aliphatic carbocycles. The van der Waals surface area contributed by atoms with Crippen molar-refractivity contribution in [2.45, 2.75) is 33.2 Å². The van der Waals surface area contributed by atoms with Crippen LogP contribution in [0.15, 0.2) is 36.4 Å². The number of nitrogens with one attached hydrogen (secondary N) is 1. The standard InChI is InChI=1S/C21H31N3O2/c1-17(2)11-12-23-13-15-24(16-14-23)21(26)18(3)22-20(25)10-9-19-7-5-4-6-8-19/h4-10,17-18H,11-16H2,1-3H3,(H,22,25)/b10-9+. The van der Waals surface area contributed by atoms with E-state index in [4.69, 9.17) is 0 Å². The maximum Gasteiger partial charge on any atom is 0.244 e. The first-order valence-electron chi connectivity index (χ1n) is 9.50. The highest BCUT2D eigenvalue weighted by Gasteiger charge is 2.25. The Labute approximate surface area is 157 Å². The lowest BCUT2D eigenvalue weighted by molar-refractivity contribution is -0.136. The van der Waals surface area contributed by atoms with Crippen molar-refractivity contribution in [1.29, 1.82) is 0 Å². The van der Waals surface area contributed by atoms with Gasteiger partial charge in [-0.05, 0) is 37.4 Å². The van der Waals surface area contributed by atoms with Crippen LogP contribution in [0.4, 0.5) is 0 Å². The molecule has 142 valence electrons. The van der Waals surface area contributed by atoms with Crippen LogP contribution in [0.3, 0.4) is 0 Å². The Hall–Kier alpha value is -2.14. The van der Waals surface area contributed by atoms with Crippen LogP contribution in [0.25, 0.3) is 6.08 Å². The molecule has 0 aromatic heterocycles. The van der Waals surface area contributed by atoms with Gasteiger partial charge in [0.25, 0.3) is 0 Å². The lowest BCUT2D eigenvalue weighted by atomic mass is 10.1. The van der Waals surface area contributed by atoms with Crippen LogP contribution in [-0.4, -0.2) is 60.4 Å². The van der Waals surface area contributed by atoms with Crippen molar-refractivity contribution in [3.8, 4) is 0 Å². The highest BCUT2D eigenvalue weighted by Crippen LogP contribution is 2.08. The number of carbonyl (C=O) groups is 2. The Bertz CT molecular complexity index is 605. The first-order valence-corrected chi connectivity index (χ1v) is 9.50. The molecule has 5 nitrogen and oxygen atoms in total. The van der Waals surface area contributed by atoms with Gasteiger partial charge < -0.3 is 10.2 Å². The van der Waals surface area contributed by atoms with Gasteiger partial charge in [0.1, 0.15) is 6.04 Å². The van der Waals surface area contributed by atoms with Gasteiger partial charge in [0.05, 0.1) is 0 Å². The Morgan fingerprint density at radius 3 is 2.35 bits per heavy atom. The van der Waals surface area contributed by atoms with Crippen LogP contribution in [-0.2, 0) is 9.59 Å². The van der Waals surface area contributed by atoms with E-state index in [-0.39, 0.29) is 11.8 Å². The molecule has 5 heteroatoms. The van der Waals surface area contributed by atoms with Crippen molar-refractivity contribution < 1.29 is 9.59 Å². The number of carbonyl (C=O) groups excluding carboxylic acids is 2. The van der Waals surface area contributed by atoms with Gasteiger partial charge in [-0.1, -0.05) is 44.2 Å². The zero-order chi connectivity index (χ0) is 18.9. The number of amides is 2. The maximum atomic E-state index is 12.5. The van der Waals surface area contributed by atoms with Crippen molar-refractivity contribution in [2.24, 2.45) is 5.92 Å². The van der Waals surface area contributed by atoms with Crippen LogP contribution in [0.5, 0.6) is 0 Å². The summed E-state index contributed by atoms with van der Waals surface area (Å²) in [6.07, 6.45) is 4.41. The van der Waals surface area contributed by atoms with Gasteiger partial charge in [0.15, 0.2) is 0 Å². The highest BCUT2D eigenvalue weighted by molar-refractivity contribution is 5.95. The van der Waals surface area contributed by atoms with Crippen molar-refractivity contribution in [3.05, 3.63) is 42.0 Å². The summed E-state index contributed by atoms with van der Waals surface area (Å²) < 4.78 is 0. The minimum absolute atomic E-state index is 0.00466. The molecule has 0 saturated carbocycles. The molecule has 2 amide bonds. The molecule has 1 fully saturated rings. The second-order valence-electron chi connectivity index (χ2n) is 7.32. The van der Waals surface area contributed by atoms with E-state index < -0.39 is 6.04 Å². The number of hydrogen-bond donors (Lipinski definition) is 1. The summed E-state index contributed by atoms with van der Waals surface area (Å²) in [6.45, 7) is 10.6. The second kappa shape index (κ2) is 10.1. The number of rotatable bonds is 7. The highest BCUT2D eigenvalue weighted by atomic mass is 16.2. The predicted octanol–water partition coefficient (Wildman–Crippen LogP) is 2.39. The summed E-state index contributed by atoms with van der Waals surface area (Å²) in [5.74, 6) is 0.453. The van der Waals surface area contributed by atoms with Crippen LogP contribution >= 0.6 is 0 Å². The van der Waals surface area contributed by atoms with Crippen molar-refractivity contribution in [2.75, 3.05) is 32.7 Å². The maximum absolute atomic E-state index is 12.5. The van der Waals surface area contributed by atoms with Gasteiger partial charge in [-0.25, -0.2) is 0 Å². The molecular weight excluding hydrogens is 326 g/mol. The molecule has 26 heavy (non-hydrogen) atoms. The quantitative estimate of drug-likeness (QED) is 0.763. The van der Waals surface area contributed by atoms with Gasteiger partial charge in [-0.2, -0.15) is 0 Å². The van der Waals surface area contributed by atoms with E-state index in [1.165, 1.54) is 12.5 Å². The van der Waals surface area contributed by atoms with E-state index in [1.807, 2.05) is 35.2 Å². The van der Waals surface area contributed by atoms with Gasteiger partial charge in [-0.3, -0.25) is 14.5 Å². The normalized spacial score (nSPS) is 16.8. The monoisotopic (exact) mass is 357 g/mol. The van der Waals surface area contributed by atoms with Gasteiger partial charge in [0.2, 0.25) is 11.8 Å². The van der Waals surface area contributed by atoms with Crippen LogP contribution in [0.1, 0.15) is 32.8 Å². The van der Waals surface area contributed by atoms with E-state index >= 15 is 0 Å². The molecule has 0 bridgehead atoms. The molecule has 1 heterocycles. The topological polar surface area (TPSA) is 52.6 Å². The molecule has 0 spiro atoms. The molecule has 1 unspecified atom stereocenters. The summed E-state index contributed by atoms with van der Waals surface area (Å²) in [4.78, 5) is 28.9. The minimum Gasteiger partial charge on any atom is -0.341 e. The van der Waals surface area contributed by atoms with Crippen LogP contribution < -0.4 is 5.32 Å². The molecule has 1 saturated heterocycles.